The summed E-state index contributed by atoms with van der Waals surface area (Å²) in [6, 6.07) is 12.6. The van der Waals surface area contributed by atoms with Gasteiger partial charge in [-0.05, 0) is 54.0 Å². The molecule has 0 atom stereocenters. The van der Waals surface area contributed by atoms with Crippen molar-refractivity contribution in [1.82, 2.24) is 0 Å². The number of aliphatic carboxylic acids is 1. The molecule has 0 bridgehead atoms. The summed E-state index contributed by atoms with van der Waals surface area (Å²) in [6.07, 6.45) is 5.96. The second-order valence-corrected chi connectivity index (χ2v) is 8.20. The van der Waals surface area contributed by atoms with Crippen molar-refractivity contribution in [2.24, 2.45) is 0 Å². The summed E-state index contributed by atoms with van der Waals surface area (Å²) in [5.74, 6) is -0.0135. The molecule has 2 aromatic rings. The van der Waals surface area contributed by atoms with Crippen LogP contribution in [-0.2, 0) is 16.6 Å². The number of benzene rings is 2. The van der Waals surface area contributed by atoms with E-state index in [1.165, 1.54) is 17.2 Å². The van der Waals surface area contributed by atoms with Crippen LogP contribution < -0.4 is 4.74 Å². The first-order valence-electron chi connectivity index (χ1n) is 10.2. The molecule has 0 aliphatic heterocycles. The number of ether oxygens (including phenoxy) is 1. The first kappa shape index (κ1) is 22.5. The van der Waals surface area contributed by atoms with Gasteiger partial charge < -0.3 is 9.84 Å². The predicted octanol–water partition coefficient (Wildman–Crippen LogP) is 6.66. The molecular formula is C26H32O3. The highest BCUT2D eigenvalue weighted by Crippen LogP contribution is 2.42. The lowest BCUT2D eigenvalue weighted by molar-refractivity contribution is -0.131. The second-order valence-electron chi connectivity index (χ2n) is 8.20. The van der Waals surface area contributed by atoms with Gasteiger partial charge in [0.1, 0.15) is 5.75 Å². The Bertz CT molecular complexity index is 927. The van der Waals surface area contributed by atoms with Gasteiger partial charge in [-0.1, -0.05) is 70.2 Å². The summed E-state index contributed by atoms with van der Waals surface area (Å²) in [6.45, 7) is 13.2. The fourth-order valence-corrected chi connectivity index (χ4v) is 3.30. The van der Waals surface area contributed by atoms with Crippen molar-refractivity contribution in [2.75, 3.05) is 6.61 Å². The quantitative estimate of drug-likeness (QED) is 0.423. The molecule has 3 heteroatoms. The van der Waals surface area contributed by atoms with Gasteiger partial charge in [0.05, 0.1) is 6.61 Å². The third kappa shape index (κ3) is 5.83. The Kier molecular flexibility index (Phi) is 7.44. The van der Waals surface area contributed by atoms with E-state index in [2.05, 4.69) is 45.9 Å². The molecule has 0 unspecified atom stereocenters. The summed E-state index contributed by atoms with van der Waals surface area (Å²) >= 11 is 0. The van der Waals surface area contributed by atoms with Gasteiger partial charge in [0.25, 0.3) is 0 Å². The van der Waals surface area contributed by atoms with E-state index in [9.17, 15) is 4.79 Å². The Balaban J connectivity index is 2.71. The van der Waals surface area contributed by atoms with E-state index in [-0.39, 0.29) is 5.41 Å². The standard InChI is InChI=1S/C26H32O3/c1-7-19-16-22(25(29-8-2)23(17-19)26(4,5)6)21-12-10-9-11-20(21)14-13-18(3)15-24(27)28/h9-17H,7-8H2,1-6H3,(H,27,28)/b14-13+,18-15+. The molecule has 0 heterocycles. The molecule has 2 aromatic carbocycles. The Morgan fingerprint density at radius 2 is 1.79 bits per heavy atom. The molecular weight excluding hydrogens is 360 g/mol. The number of aryl methyl sites for hydroxylation is 1. The molecule has 0 amide bonds. The fraction of sp³-hybridized carbons (Fsp3) is 0.346. The maximum atomic E-state index is 10.9. The van der Waals surface area contributed by atoms with Crippen molar-refractivity contribution >= 4 is 12.0 Å². The minimum Gasteiger partial charge on any atom is -0.493 e. The van der Waals surface area contributed by atoms with Crippen molar-refractivity contribution in [1.29, 1.82) is 0 Å². The molecule has 0 fully saturated rings. The number of rotatable bonds is 7. The number of hydrogen-bond donors (Lipinski definition) is 1. The van der Waals surface area contributed by atoms with Crippen LogP contribution in [0.5, 0.6) is 5.75 Å². The van der Waals surface area contributed by atoms with Crippen LogP contribution in [0, 0.1) is 0 Å². The smallest absolute Gasteiger partial charge is 0.328 e. The highest BCUT2D eigenvalue weighted by atomic mass is 16.5. The van der Waals surface area contributed by atoms with Crippen molar-refractivity contribution < 1.29 is 14.6 Å². The maximum absolute atomic E-state index is 10.9. The van der Waals surface area contributed by atoms with Crippen LogP contribution in [0.15, 0.2) is 54.1 Å². The van der Waals surface area contributed by atoms with E-state index in [4.69, 9.17) is 9.84 Å². The normalized spacial score (nSPS) is 12.4. The maximum Gasteiger partial charge on any atom is 0.328 e. The van der Waals surface area contributed by atoms with Crippen LogP contribution in [0.4, 0.5) is 0 Å². The minimum absolute atomic E-state index is 0.0456. The first-order chi connectivity index (χ1) is 13.7. The summed E-state index contributed by atoms with van der Waals surface area (Å²) in [7, 11) is 0. The molecule has 0 aliphatic rings. The number of carboxylic acid groups (broad SMARTS) is 1. The third-order valence-corrected chi connectivity index (χ3v) is 4.78. The van der Waals surface area contributed by atoms with Gasteiger partial charge in [-0.15, -0.1) is 0 Å². The van der Waals surface area contributed by atoms with Crippen molar-refractivity contribution in [3.8, 4) is 16.9 Å². The minimum atomic E-state index is -0.940. The van der Waals surface area contributed by atoms with Crippen LogP contribution in [0.25, 0.3) is 17.2 Å². The molecule has 3 nitrogen and oxygen atoms in total. The third-order valence-electron chi connectivity index (χ3n) is 4.78. The van der Waals surface area contributed by atoms with Gasteiger partial charge in [-0.2, -0.15) is 0 Å². The lowest BCUT2D eigenvalue weighted by Gasteiger charge is -2.26. The summed E-state index contributed by atoms with van der Waals surface area (Å²) in [4.78, 5) is 10.9. The summed E-state index contributed by atoms with van der Waals surface area (Å²) in [5, 5.41) is 8.95. The molecule has 0 saturated heterocycles. The SMILES string of the molecule is CCOc1c(-c2ccccc2/C=C/C(C)=C/C(=O)O)cc(CC)cc1C(C)(C)C. The second kappa shape index (κ2) is 9.60. The monoisotopic (exact) mass is 392 g/mol. The lowest BCUT2D eigenvalue weighted by Crippen LogP contribution is -2.15. The van der Waals surface area contributed by atoms with Crippen LogP contribution in [-0.4, -0.2) is 17.7 Å². The molecule has 29 heavy (non-hydrogen) atoms. The average Bonchev–Trinajstić information content (AvgIpc) is 2.65. The number of carboxylic acids is 1. The number of hydrogen-bond acceptors (Lipinski definition) is 2. The molecule has 0 saturated carbocycles. The van der Waals surface area contributed by atoms with Gasteiger partial charge in [0.2, 0.25) is 0 Å². The zero-order chi connectivity index (χ0) is 21.6. The molecule has 0 spiro atoms. The Hall–Kier alpha value is -2.81. The van der Waals surface area contributed by atoms with E-state index >= 15 is 0 Å². The highest BCUT2D eigenvalue weighted by Gasteiger charge is 2.23. The summed E-state index contributed by atoms with van der Waals surface area (Å²) < 4.78 is 6.17. The first-order valence-corrected chi connectivity index (χ1v) is 10.2. The molecule has 1 N–H and O–H groups in total. The zero-order valence-corrected chi connectivity index (χ0v) is 18.4. The Morgan fingerprint density at radius 1 is 1.10 bits per heavy atom. The predicted molar refractivity (Wildman–Crippen MR) is 122 cm³/mol. The van der Waals surface area contributed by atoms with Crippen LogP contribution in [0.2, 0.25) is 0 Å². The van der Waals surface area contributed by atoms with Crippen molar-refractivity contribution in [3.63, 3.8) is 0 Å². The molecule has 2 rings (SSSR count). The van der Waals surface area contributed by atoms with Crippen molar-refractivity contribution in [3.05, 3.63) is 70.8 Å². The molecule has 154 valence electrons. The Morgan fingerprint density at radius 3 is 2.38 bits per heavy atom. The van der Waals surface area contributed by atoms with E-state index in [1.807, 2.05) is 37.3 Å². The van der Waals surface area contributed by atoms with E-state index < -0.39 is 5.97 Å². The van der Waals surface area contributed by atoms with Gasteiger partial charge in [0.15, 0.2) is 0 Å². The van der Waals surface area contributed by atoms with E-state index in [0.29, 0.717) is 12.2 Å². The van der Waals surface area contributed by atoms with Crippen molar-refractivity contribution in [2.45, 2.75) is 53.4 Å². The van der Waals surface area contributed by atoms with Gasteiger partial charge in [-0.25, -0.2) is 4.79 Å². The summed E-state index contributed by atoms with van der Waals surface area (Å²) in [5.41, 5.74) is 6.31. The molecule has 0 radical (unpaired) electrons. The number of carbonyl (C=O) groups is 1. The highest BCUT2D eigenvalue weighted by molar-refractivity contribution is 5.83. The van der Waals surface area contributed by atoms with Gasteiger partial charge in [0, 0.05) is 17.2 Å². The molecule has 0 aliphatic carbocycles. The van der Waals surface area contributed by atoms with Crippen LogP contribution in [0.3, 0.4) is 0 Å². The largest absolute Gasteiger partial charge is 0.493 e. The van der Waals surface area contributed by atoms with E-state index in [0.717, 1.165) is 28.9 Å². The van der Waals surface area contributed by atoms with Gasteiger partial charge >= 0.3 is 5.97 Å². The van der Waals surface area contributed by atoms with Crippen LogP contribution in [0.1, 0.15) is 58.2 Å². The van der Waals surface area contributed by atoms with Gasteiger partial charge in [-0.3, -0.25) is 0 Å². The lowest BCUT2D eigenvalue weighted by atomic mass is 9.82. The Labute approximate surface area is 174 Å². The van der Waals surface area contributed by atoms with Crippen LogP contribution >= 0.6 is 0 Å². The van der Waals surface area contributed by atoms with E-state index in [1.54, 1.807) is 6.92 Å². The average molecular weight is 393 g/mol. The number of allylic oxidation sites excluding steroid dienone is 2. The fourth-order valence-electron chi connectivity index (χ4n) is 3.30. The topological polar surface area (TPSA) is 46.5 Å². The molecule has 0 aromatic heterocycles. The zero-order valence-electron chi connectivity index (χ0n) is 18.4.